The second-order valence-electron chi connectivity index (χ2n) is 10.0. The largest absolute Gasteiger partial charge is 0.352 e. The Morgan fingerprint density at radius 3 is 2.17 bits per heavy atom. The minimum atomic E-state index is -4.33. The van der Waals surface area contributed by atoms with Crippen molar-refractivity contribution in [3.8, 4) is 0 Å². The molecule has 3 rings (SSSR count). The van der Waals surface area contributed by atoms with Gasteiger partial charge in [0, 0.05) is 12.6 Å². The first kappa shape index (κ1) is 30.8. The zero-order valence-corrected chi connectivity index (χ0v) is 24.5. The van der Waals surface area contributed by atoms with E-state index in [2.05, 4.69) is 5.32 Å². The van der Waals surface area contributed by atoms with Crippen LogP contribution in [0.5, 0.6) is 0 Å². The van der Waals surface area contributed by atoms with Crippen LogP contribution in [0.25, 0.3) is 0 Å². The summed E-state index contributed by atoms with van der Waals surface area (Å²) in [5.74, 6) is -1.72. The Morgan fingerprint density at radius 1 is 0.900 bits per heavy atom. The molecule has 0 aliphatic heterocycles. The Hall–Kier alpha value is -3.72. The van der Waals surface area contributed by atoms with E-state index in [4.69, 9.17) is 0 Å². The first-order chi connectivity index (χ1) is 19.0. The van der Waals surface area contributed by atoms with Gasteiger partial charge in [-0.15, -0.1) is 0 Å². The summed E-state index contributed by atoms with van der Waals surface area (Å²) >= 11 is 0. The van der Waals surface area contributed by atoms with E-state index in [9.17, 15) is 18.0 Å². The molecule has 214 valence electrons. The van der Waals surface area contributed by atoms with Crippen molar-refractivity contribution < 1.29 is 22.4 Å². The lowest BCUT2D eigenvalue weighted by atomic mass is 10.1. The lowest BCUT2D eigenvalue weighted by Crippen LogP contribution is -2.53. The number of sulfonamides is 1. The van der Waals surface area contributed by atoms with Crippen LogP contribution < -0.4 is 9.62 Å². The van der Waals surface area contributed by atoms with E-state index in [1.54, 1.807) is 19.1 Å². The van der Waals surface area contributed by atoms with Crippen LogP contribution in [-0.4, -0.2) is 43.8 Å². The number of benzene rings is 3. The fourth-order valence-corrected chi connectivity index (χ4v) is 5.79. The molecule has 0 bridgehead atoms. The third kappa shape index (κ3) is 7.47. The van der Waals surface area contributed by atoms with Crippen molar-refractivity contribution in [3.05, 3.63) is 95.3 Å². The number of carbonyl (C=O) groups excluding carboxylic acids is 2. The Morgan fingerprint density at radius 2 is 1.57 bits per heavy atom. The molecular formula is C31H38FN3O4S. The number of nitrogens with one attached hydrogen (secondary N) is 1. The molecule has 9 heteroatoms. The molecule has 2 atom stereocenters. The zero-order valence-electron chi connectivity index (χ0n) is 23.7. The zero-order chi connectivity index (χ0) is 29.4. The summed E-state index contributed by atoms with van der Waals surface area (Å²) in [6, 6.07) is 18.2. The van der Waals surface area contributed by atoms with E-state index >= 15 is 4.39 Å². The van der Waals surface area contributed by atoms with E-state index in [0.29, 0.717) is 12.8 Å². The van der Waals surface area contributed by atoms with Crippen molar-refractivity contribution in [1.29, 1.82) is 0 Å². The second-order valence-corrected chi connectivity index (χ2v) is 11.9. The molecule has 3 aromatic carbocycles. The maximum absolute atomic E-state index is 15.0. The first-order valence-electron chi connectivity index (χ1n) is 13.5. The summed E-state index contributed by atoms with van der Waals surface area (Å²) in [6.07, 6.45) is 1.02. The third-order valence-corrected chi connectivity index (χ3v) is 8.61. The summed E-state index contributed by atoms with van der Waals surface area (Å²) in [5, 5.41) is 2.94. The minimum Gasteiger partial charge on any atom is -0.352 e. The monoisotopic (exact) mass is 567 g/mol. The highest BCUT2D eigenvalue weighted by Gasteiger charge is 2.34. The van der Waals surface area contributed by atoms with Crippen LogP contribution in [0.4, 0.5) is 10.1 Å². The molecule has 0 aliphatic carbocycles. The molecule has 2 amide bonds. The highest BCUT2D eigenvalue weighted by Crippen LogP contribution is 2.27. The van der Waals surface area contributed by atoms with Crippen molar-refractivity contribution in [2.75, 3.05) is 10.8 Å². The standard InChI is InChI=1S/C31H38FN3O4S/c1-6-24(5)33-31(37)28(7-2)34(20-25-12-10-11-23(4)19-25)30(36)21-35(29-14-9-8-13-27(29)32)40(38,39)26-17-15-22(3)16-18-26/h8-19,24,28H,6-7,20-21H2,1-5H3,(H,33,37). The average molecular weight is 568 g/mol. The van der Waals surface area contributed by atoms with Crippen LogP contribution in [0.1, 0.15) is 50.3 Å². The number of aryl methyl sites for hydroxylation is 2. The highest BCUT2D eigenvalue weighted by molar-refractivity contribution is 7.92. The summed E-state index contributed by atoms with van der Waals surface area (Å²) in [5.41, 5.74) is 2.39. The third-order valence-electron chi connectivity index (χ3n) is 6.83. The summed E-state index contributed by atoms with van der Waals surface area (Å²) < 4.78 is 43.5. The SMILES string of the molecule is CCC(C)NC(=O)C(CC)N(Cc1cccc(C)c1)C(=O)CN(c1ccccc1F)S(=O)(=O)c1ccc(C)cc1. The van der Waals surface area contributed by atoms with E-state index in [1.165, 1.54) is 35.2 Å². The first-order valence-corrected chi connectivity index (χ1v) is 14.9. The molecule has 3 aromatic rings. The molecule has 0 saturated heterocycles. The maximum atomic E-state index is 15.0. The Bertz CT molecular complexity index is 1430. The molecule has 1 N–H and O–H groups in total. The van der Waals surface area contributed by atoms with Gasteiger partial charge < -0.3 is 10.2 Å². The van der Waals surface area contributed by atoms with E-state index in [0.717, 1.165) is 27.1 Å². The van der Waals surface area contributed by atoms with Crippen LogP contribution in [0.3, 0.4) is 0 Å². The molecule has 2 unspecified atom stereocenters. The lowest BCUT2D eigenvalue weighted by Gasteiger charge is -2.33. The molecular weight excluding hydrogens is 529 g/mol. The van der Waals surface area contributed by atoms with E-state index in [1.807, 2.05) is 52.0 Å². The van der Waals surface area contributed by atoms with Crippen LogP contribution in [0.15, 0.2) is 77.7 Å². The van der Waals surface area contributed by atoms with E-state index < -0.39 is 34.3 Å². The summed E-state index contributed by atoms with van der Waals surface area (Å²) in [6.45, 7) is 8.78. The Balaban J connectivity index is 2.07. The Kier molecular flexibility index (Phi) is 10.5. The van der Waals surface area contributed by atoms with Crippen LogP contribution in [0, 0.1) is 19.7 Å². The molecule has 0 heterocycles. The Labute approximate surface area is 237 Å². The van der Waals surface area contributed by atoms with Gasteiger partial charge in [0.1, 0.15) is 18.4 Å². The van der Waals surface area contributed by atoms with Gasteiger partial charge in [0.2, 0.25) is 11.8 Å². The van der Waals surface area contributed by atoms with Crippen LogP contribution in [-0.2, 0) is 26.2 Å². The minimum absolute atomic E-state index is 0.0686. The number of para-hydroxylation sites is 1. The number of carbonyl (C=O) groups is 2. The molecule has 40 heavy (non-hydrogen) atoms. The maximum Gasteiger partial charge on any atom is 0.264 e. The van der Waals surface area contributed by atoms with Gasteiger partial charge in [-0.05, 0) is 63.4 Å². The number of halogens is 1. The van der Waals surface area contributed by atoms with Gasteiger partial charge in [-0.25, -0.2) is 12.8 Å². The highest BCUT2D eigenvalue weighted by atomic mass is 32.2. The van der Waals surface area contributed by atoms with Gasteiger partial charge in [0.25, 0.3) is 10.0 Å². The number of hydrogen-bond acceptors (Lipinski definition) is 4. The fraction of sp³-hybridized carbons (Fsp3) is 0.355. The molecule has 0 saturated carbocycles. The molecule has 7 nitrogen and oxygen atoms in total. The van der Waals surface area contributed by atoms with Gasteiger partial charge in [-0.3, -0.25) is 13.9 Å². The predicted molar refractivity (Wildman–Crippen MR) is 156 cm³/mol. The van der Waals surface area contributed by atoms with E-state index in [-0.39, 0.29) is 29.1 Å². The van der Waals surface area contributed by atoms with Crippen LogP contribution in [0.2, 0.25) is 0 Å². The van der Waals surface area contributed by atoms with Crippen LogP contribution >= 0.6 is 0 Å². The van der Waals surface area contributed by atoms with Gasteiger partial charge in [0.05, 0.1) is 10.6 Å². The van der Waals surface area contributed by atoms with Crippen molar-refractivity contribution >= 4 is 27.5 Å². The van der Waals surface area contributed by atoms with Gasteiger partial charge in [0.15, 0.2) is 0 Å². The summed E-state index contributed by atoms with van der Waals surface area (Å²) in [4.78, 5) is 28.7. The number of hydrogen-bond donors (Lipinski definition) is 1. The quantitative estimate of drug-likeness (QED) is 0.319. The van der Waals surface area contributed by atoms with Gasteiger partial charge >= 0.3 is 0 Å². The topological polar surface area (TPSA) is 86.8 Å². The molecule has 0 aliphatic rings. The molecule has 0 radical (unpaired) electrons. The smallest absolute Gasteiger partial charge is 0.264 e. The van der Waals surface area contributed by atoms with Crippen molar-refractivity contribution in [1.82, 2.24) is 10.2 Å². The predicted octanol–water partition coefficient (Wildman–Crippen LogP) is 5.36. The number of rotatable bonds is 12. The average Bonchev–Trinajstić information content (AvgIpc) is 2.92. The van der Waals surface area contributed by atoms with Gasteiger partial charge in [-0.2, -0.15) is 0 Å². The van der Waals surface area contributed by atoms with Crippen molar-refractivity contribution in [2.45, 2.75) is 71.0 Å². The summed E-state index contributed by atoms with van der Waals surface area (Å²) in [7, 11) is -4.33. The number of anilines is 1. The normalized spacial score (nSPS) is 12.8. The number of amides is 2. The molecule has 0 fully saturated rings. The van der Waals surface area contributed by atoms with Crippen molar-refractivity contribution in [3.63, 3.8) is 0 Å². The second kappa shape index (κ2) is 13.6. The van der Waals surface area contributed by atoms with Crippen molar-refractivity contribution in [2.24, 2.45) is 0 Å². The van der Waals surface area contributed by atoms with Gasteiger partial charge in [-0.1, -0.05) is 73.5 Å². The molecule has 0 aromatic heterocycles. The molecule has 0 spiro atoms. The lowest BCUT2D eigenvalue weighted by molar-refractivity contribution is -0.140. The number of nitrogens with zero attached hydrogens (tertiary/aromatic N) is 2. The fourth-order valence-electron chi connectivity index (χ4n) is 4.37.